The Kier molecular flexibility index (Phi) is 4.42. The Morgan fingerprint density at radius 3 is 2.48 bits per heavy atom. The van der Waals surface area contributed by atoms with Gasteiger partial charge in [0.05, 0.1) is 16.9 Å². The summed E-state index contributed by atoms with van der Waals surface area (Å²) >= 11 is 0. The molecule has 0 spiro atoms. The zero-order valence-electron chi connectivity index (χ0n) is 12.8. The van der Waals surface area contributed by atoms with E-state index in [1.807, 2.05) is 0 Å². The van der Waals surface area contributed by atoms with Crippen molar-refractivity contribution in [3.05, 3.63) is 72.1 Å². The van der Waals surface area contributed by atoms with E-state index in [9.17, 15) is 18.0 Å². The molecule has 128 valence electrons. The summed E-state index contributed by atoms with van der Waals surface area (Å²) in [5.74, 6) is -0.166. The molecule has 0 unspecified atom stereocenters. The summed E-state index contributed by atoms with van der Waals surface area (Å²) in [4.78, 5) is 19.2. The number of nitrogens with one attached hydrogen (secondary N) is 3. The highest BCUT2D eigenvalue weighted by atomic mass is 19.4. The van der Waals surface area contributed by atoms with Crippen LogP contribution in [0.2, 0.25) is 0 Å². The van der Waals surface area contributed by atoms with E-state index in [1.54, 1.807) is 36.7 Å². The van der Waals surface area contributed by atoms with Crippen molar-refractivity contribution in [1.29, 1.82) is 0 Å². The van der Waals surface area contributed by atoms with Gasteiger partial charge in [0.1, 0.15) is 0 Å². The average Bonchev–Trinajstić information content (AvgIpc) is 3.09. The van der Waals surface area contributed by atoms with Gasteiger partial charge in [-0.25, -0.2) is 4.98 Å². The number of carbonyl (C=O) groups excluding carboxylic acids is 1. The summed E-state index contributed by atoms with van der Waals surface area (Å²) in [7, 11) is 0. The predicted octanol–water partition coefficient (Wildman–Crippen LogP) is 4.42. The quantitative estimate of drug-likeness (QED) is 0.655. The SMILES string of the molecule is O=C(Nc1ccccc1Nc1ncc[nH]1)c1cccc(C(F)(F)F)c1. The minimum atomic E-state index is -4.50. The highest BCUT2D eigenvalue weighted by molar-refractivity contribution is 6.06. The maximum atomic E-state index is 12.8. The van der Waals surface area contributed by atoms with E-state index in [4.69, 9.17) is 0 Å². The van der Waals surface area contributed by atoms with Crippen LogP contribution in [0.15, 0.2) is 60.9 Å². The first kappa shape index (κ1) is 16.6. The van der Waals surface area contributed by atoms with Crippen molar-refractivity contribution in [3.63, 3.8) is 0 Å². The second-order valence-corrected chi connectivity index (χ2v) is 5.14. The smallest absolute Gasteiger partial charge is 0.331 e. The van der Waals surface area contributed by atoms with Gasteiger partial charge >= 0.3 is 6.18 Å². The number of anilines is 3. The summed E-state index contributed by atoms with van der Waals surface area (Å²) in [5.41, 5.74) is 0.0175. The molecule has 0 saturated heterocycles. The lowest BCUT2D eigenvalue weighted by atomic mass is 10.1. The average molecular weight is 346 g/mol. The zero-order chi connectivity index (χ0) is 17.9. The monoisotopic (exact) mass is 346 g/mol. The Balaban J connectivity index is 1.82. The summed E-state index contributed by atoms with van der Waals surface area (Å²) in [5, 5.41) is 5.59. The lowest BCUT2D eigenvalue weighted by Crippen LogP contribution is -2.14. The maximum absolute atomic E-state index is 12.8. The van der Waals surface area contributed by atoms with E-state index in [1.165, 1.54) is 12.1 Å². The zero-order valence-corrected chi connectivity index (χ0v) is 12.8. The number of imidazole rings is 1. The fourth-order valence-electron chi connectivity index (χ4n) is 2.19. The Bertz CT molecular complexity index is 876. The molecule has 0 saturated carbocycles. The summed E-state index contributed by atoms with van der Waals surface area (Å²) in [6, 6.07) is 11.1. The number of para-hydroxylation sites is 2. The van der Waals surface area contributed by atoms with Crippen molar-refractivity contribution >= 4 is 23.2 Å². The second kappa shape index (κ2) is 6.68. The van der Waals surface area contributed by atoms with Crippen LogP contribution in [0, 0.1) is 0 Å². The van der Waals surface area contributed by atoms with E-state index in [0.717, 1.165) is 12.1 Å². The standard InChI is InChI=1S/C17H13F3N4O/c18-17(19,20)12-5-3-4-11(10-12)15(25)23-13-6-1-2-7-14(13)24-16-21-8-9-22-16/h1-10H,(H,23,25)(H2,21,22,24). The first-order valence-corrected chi connectivity index (χ1v) is 7.27. The lowest BCUT2D eigenvalue weighted by Gasteiger charge is -2.12. The van der Waals surface area contributed by atoms with Crippen LogP contribution in [-0.4, -0.2) is 15.9 Å². The summed E-state index contributed by atoms with van der Waals surface area (Å²) in [6.07, 6.45) is -1.31. The molecule has 1 aromatic heterocycles. The second-order valence-electron chi connectivity index (χ2n) is 5.14. The molecule has 2 aromatic carbocycles. The van der Waals surface area contributed by atoms with Gasteiger partial charge in [-0.1, -0.05) is 18.2 Å². The van der Waals surface area contributed by atoms with Gasteiger partial charge in [0.15, 0.2) is 0 Å². The van der Waals surface area contributed by atoms with E-state index in [-0.39, 0.29) is 5.56 Å². The van der Waals surface area contributed by atoms with Gasteiger partial charge in [0.25, 0.3) is 5.91 Å². The third kappa shape index (κ3) is 3.97. The minimum absolute atomic E-state index is 0.0809. The van der Waals surface area contributed by atoms with Crippen LogP contribution in [0.4, 0.5) is 30.5 Å². The molecule has 3 N–H and O–H groups in total. The van der Waals surface area contributed by atoms with Crippen molar-refractivity contribution in [2.45, 2.75) is 6.18 Å². The first-order chi connectivity index (χ1) is 11.9. The third-order valence-electron chi connectivity index (χ3n) is 3.38. The number of hydrogen-bond acceptors (Lipinski definition) is 3. The van der Waals surface area contributed by atoms with Gasteiger partial charge in [-0.05, 0) is 30.3 Å². The molecule has 5 nitrogen and oxygen atoms in total. The van der Waals surface area contributed by atoms with Gasteiger partial charge in [0, 0.05) is 18.0 Å². The van der Waals surface area contributed by atoms with Crippen LogP contribution in [0.25, 0.3) is 0 Å². The van der Waals surface area contributed by atoms with E-state index >= 15 is 0 Å². The first-order valence-electron chi connectivity index (χ1n) is 7.27. The highest BCUT2D eigenvalue weighted by Gasteiger charge is 2.30. The normalized spacial score (nSPS) is 11.2. The van der Waals surface area contributed by atoms with Gasteiger partial charge in [-0.3, -0.25) is 4.79 Å². The molecule has 0 bridgehead atoms. The Hall–Kier alpha value is -3.29. The number of halogens is 3. The van der Waals surface area contributed by atoms with Gasteiger partial charge in [-0.15, -0.1) is 0 Å². The van der Waals surface area contributed by atoms with Crippen molar-refractivity contribution in [2.75, 3.05) is 10.6 Å². The molecule has 3 aromatic rings. The number of carbonyl (C=O) groups is 1. The van der Waals surface area contributed by atoms with Gasteiger partial charge in [0.2, 0.25) is 5.95 Å². The number of amides is 1. The molecular weight excluding hydrogens is 333 g/mol. The van der Waals surface area contributed by atoms with Crippen molar-refractivity contribution < 1.29 is 18.0 Å². The molecule has 0 aliphatic rings. The Morgan fingerprint density at radius 2 is 1.80 bits per heavy atom. The molecule has 0 radical (unpaired) electrons. The molecule has 0 atom stereocenters. The summed E-state index contributed by atoms with van der Waals surface area (Å²) < 4.78 is 38.3. The van der Waals surface area contributed by atoms with Crippen molar-refractivity contribution in [3.8, 4) is 0 Å². The number of H-pyrrole nitrogens is 1. The fraction of sp³-hybridized carbons (Fsp3) is 0.0588. The minimum Gasteiger partial charge on any atom is -0.331 e. The fourth-order valence-corrected chi connectivity index (χ4v) is 2.19. The molecule has 8 heteroatoms. The molecule has 0 fully saturated rings. The van der Waals surface area contributed by atoms with Gasteiger partial charge in [-0.2, -0.15) is 13.2 Å². The lowest BCUT2D eigenvalue weighted by molar-refractivity contribution is -0.137. The number of benzene rings is 2. The van der Waals surface area contributed by atoms with Crippen LogP contribution in [0.1, 0.15) is 15.9 Å². The molecule has 0 aliphatic carbocycles. The third-order valence-corrected chi connectivity index (χ3v) is 3.38. The topological polar surface area (TPSA) is 69.8 Å². The van der Waals surface area contributed by atoms with Crippen LogP contribution in [-0.2, 0) is 6.18 Å². The number of hydrogen-bond donors (Lipinski definition) is 3. The number of nitrogens with zero attached hydrogens (tertiary/aromatic N) is 1. The molecule has 25 heavy (non-hydrogen) atoms. The van der Waals surface area contributed by atoms with Crippen LogP contribution in [0.5, 0.6) is 0 Å². The van der Waals surface area contributed by atoms with Gasteiger partial charge < -0.3 is 15.6 Å². The Labute approximate surface area is 140 Å². The molecule has 1 amide bonds. The molecular formula is C17H13F3N4O. The highest BCUT2D eigenvalue weighted by Crippen LogP contribution is 2.30. The van der Waals surface area contributed by atoms with Crippen molar-refractivity contribution in [2.24, 2.45) is 0 Å². The largest absolute Gasteiger partial charge is 0.416 e. The van der Waals surface area contributed by atoms with E-state index < -0.39 is 17.6 Å². The predicted molar refractivity (Wildman–Crippen MR) is 87.7 cm³/mol. The molecule has 0 aliphatic heterocycles. The number of rotatable bonds is 4. The summed E-state index contributed by atoms with van der Waals surface area (Å²) in [6.45, 7) is 0. The molecule has 1 heterocycles. The van der Waals surface area contributed by atoms with Crippen LogP contribution < -0.4 is 10.6 Å². The van der Waals surface area contributed by atoms with E-state index in [2.05, 4.69) is 20.6 Å². The van der Waals surface area contributed by atoms with Crippen LogP contribution >= 0.6 is 0 Å². The van der Waals surface area contributed by atoms with E-state index in [0.29, 0.717) is 17.3 Å². The maximum Gasteiger partial charge on any atom is 0.416 e. The molecule has 3 rings (SSSR count). The van der Waals surface area contributed by atoms with Crippen molar-refractivity contribution in [1.82, 2.24) is 9.97 Å². The van der Waals surface area contributed by atoms with Crippen LogP contribution in [0.3, 0.4) is 0 Å². The Morgan fingerprint density at radius 1 is 1.04 bits per heavy atom. The number of aromatic amines is 1. The number of aromatic nitrogens is 2. The number of alkyl halides is 3.